The number of hydrogen-bond acceptors (Lipinski definition) is 4. The third-order valence-electron chi connectivity index (χ3n) is 4.24. The van der Waals surface area contributed by atoms with E-state index in [0.29, 0.717) is 18.7 Å². The molecule has 3 rings (SSSR count). The first kappa shape index (κ1) is 17.5. The lowest BCUT2D eigenvalue weighted by atomic mass is 9.94. The molecule has 5 nitrogen and oxygen atoms in total. The van der Waals surface area contributed by atoms with Gasteiger partial charge >= 0.3 is 0 Å². The van der Waals surface area contributed by atoms with Gasteiger partial charge in [-0.05, 0) is 37.9 Å². The zero-order valence-corrected chi connectivity index (χ0v) is 14.2. The Balaban J connectivity index is 0.00000192. The number of fused-ring (bicyclic) bond motifs is 1. The first-order chi connectivity index (χ1) is 10.6. The van der Waals surface area contributed by atoms with Crippen LogP contribution in [0.15, 0.2) is 28.8 Å². The number of nitrogens with one attached hydrogen (secondary N) is 2. The monoisotopic (exact) mass is 335 g/mol. The van der Waals surface area contributed by atoms with Crippen molar-refractivity contribution in [2.45, 2.75) is 32.7 Å². The number of hydrogen-bond donors (Lipinski definition) is 2. The molecule has 1 unspecified atom stereocenters. The van der Waals surface area contributed by atoms with Gasteiger partial charge in [-0.3, -0.25) is 4.79 Å². The maximum absolute atomic E-state index is 12.2. The molecule has 1 aliphatic rings. The average molecular weight is 336 g/mol. The van der Waals surface area contributed by atoms with Crippen LogP contribution in [-0.2, 0) is 17.6 Å². The topological polar surface area (TPSA) is 67.2 Å². The molecule has 0 radical (unpaired) electrons. The van der Waals surface area contributed by atoms with Crippen LogP contribution in [0.3, 0.4) is 0 Å². The van der Waals surface area contributed by atoms with Gasteiger partial charge in [0.2, 0.25) is 5.91 Å². The molecule has 2 N–H and O–H groups in total. The van der Waals surface area contributed by atoms with Gasteiger partial charge in [0.05, 0.1) is 12.1 Å². The van der Waals surface area contributed by atoms with Crippen molar-refractivity contribution in [3.8, 4) is 0 Å². The van der Waals surface area contributed by atoms with Crippen molar-refractivity contribution in [1.82, 2.24) is 15.8 Å². The van der Waals surface area contributed by atoms with Gasteiger partial charge in [0.15, 0.2) is 0 Å². The second-order valence-corrected chi connectivity index (χ2v) is 5.74. The first-order valence-electron chi connectivity index (χ1n) is 7.65. The fourth-order valence-electron chi connectivity index (χ4n) is 2.97. The van der Waals surface area contributed by atoms with Gasteiger partial charge in [0.25, 0.3) is 0 Å². The molecule has 0 bridgehead atoms. The van der Waals surface area contributed by atoms with Gasteiger partial charge in [-0.15, -0.1) is 12.4 Å². The Kier molecular flexibility index (Phi) is 5.80. The summed E-state index contributed by atoms with van der Waals surface area (Å²) in [7, 11) is 0. The zero-order chi connectivity index (χ0) is 15.5. The Morgan fingerprint density at radius 2 is 2.17 bits per heavy atom. The van der Waals surface area contributed by atoms with Crippen molar-refractivity contribution in [2.24, 2.45) is 0 Å². The van der Waals surface area contributed by atoms with Crippen molar-refractivity contribution in [3.05, 3.63) is 52.4 Å². The molecule has 1 aliphatic heterocycles. The number of benzene rings is 1. The predicted molar refractivity (Wildman–Crippen MR) is 90.8 cm³/mol. The SMILES string of the molecule is Cc1noc(C)c1CC(=O)NCC1NCCc2ccccc21.Cl. The van der Waals surface area contributed by atoms with Crippen LogP contribution in [0.1, 0.15) is 34.2 Å². The number of aryl methyl sites for hydroxylation is 2. The van der Waals surface area contributed by atoms with Crippen LogP contribution in [-0.4, -0.2) is 24.2 Å². The molecule has 0 saturated heterocycles. The average Bonchev–Trinajstić information content (AvgIpc) is 2.85. The third-order valence-corrected chi connectivity index (χ3v) is 4.24. The van der Waals surface area contributed by atoms with Gasteiger partial charge in [-0.25, -0.2) is 0 Å². The summed E-state index contributed by atoms with van der Waals surface area (Å²) in [5, 5.41) is 10.4. The van der Waals surface area contributed by atoms with Crippen molar-refractivity contribution in [2.75, 3.05) is 13.1 Å². The molecule has 1 aromatic heterocycles. The number of amides is 1. The van der Waals surface area contributed by atoms with Crippen molar-refractivity contribution < 1.29 is 9.32 Å². The number of rotatable bonds is 4. The predicted octanol–water partition coefficient (Wildman–Crippen LogP) is 2.26. The molecule has 0 saturated carbocycles. The van der Waals surface area contributed by atoms with E-state index in [1.54, 1.807) is 0 Å². The molecule has 2 aromatic rings. The number of aromatic nitrogens is 1. The van der Waals surface area contributed by atoms with E-state index in [0.717, 1.165) is 24.2 Å². The van der Waals surface area contributed by atoms with E-state index in [4.69, 9.17) is 4.52 Å². The minimum atomic E-state index is -0.000690. The lowest BCUT2D eigenvalue weighted by molar-refractivity contribution is -0.120. The molecule has 0 fully saturated rings. The van der Waals surface area contributed by atoms with Gasteiger partial charge < -0.3 is 15.2 Å². The van der Waals surface area contributed by atoms with Gasteiger partial charge in [0, 0.05) is 18.2 Å². The summed E-state index contributed by atoms with van der Waals surface area (Å²) >= 11 is 0. The highest BCUT2D eigenvalue weighted by molar-refractivity contribution is 5.85. The van der Waals surface area contributed by atoms with E-state index in [1.807, 2.05) is 19.9 Å². The van der Waals surface area contributed by atoms with Crippen LogP contribution >= 0.6 is 12.4 Å². The van der Waals surface area contributed by atoms with E-state index >= 15 is 0 Å². The van der Waals surface area contributed by atoms with E-state index in [1.165, 1.54) is 11.1 Å². The molecule has 6 heteroatoms. The number of carbonyl (C=O) groups excluding carboxylic acids is 1. The third kappa shape index (κ3) is 3.92. The molecule has 124 valence electrons. The van der Waals surface area contributed by atoms with Gasteiger partial charge in [-0.1, -0.05) is 29.4 Å². The van der Waals surface area contributed by atoms with Crippen LogP contribution in [0.4, 0.5) is 0 Å². The molecule has 1 amide bonds. The highest BCUT2D eigenvalue weighted by atomic mass is 35.5. The summed E-state index contributed by atoms with van der Waals surface area (Å²) < 4.78 is 5.09. The minimum absolute atomic E-state index is 0. The lowest BCUT2D eigenvalue weighted by Crippen LogP contribution is -2.39. The maximum atomic E-state index is 12.2. The Hall–Kier alpha value is -1.85. The van der Waals surface area contributed by atoms with Crippen LogP contribution in [0.5, 0.6) is 0 Å². The Morgan fingerprint density at radius 3 is 2.91 bits per heavy atom. The highest BCUT2D eigenvalue weighted by Crippen LogP contribution is 2.22. The lowest BCUT2D eigenvalue weighted by Gasteiger charge is -2.27. The molecule has 23 heavy (non-hydrogen) atoms. The molecular formula is C17H22ClN3O2. The Bertz CT molecular complexity index is 665. The normalized spacial score (nSPS) is 16.3. The summed E-state index contributed by atoms with van der Waals surface area (Å²) in [5.41, 5.74) is 4.32. The van der Waals surface area contributed by atoms with Crippen molar-refractivity contribution >= 4 is 18.3 Å². The molecule has 1 aromatic carbocycles. The summed E-state index contributed by atoms with van der Waals surface area (Å²) in [6.45, 7) is 5.24. The van der Waals surface area contributed by atoms with E-state index in [2.05, 4.69) is 34.0 Å². The number of halogens is 1. The molecule has 0 aliphatic carbocycles. The van der Waals surface area contributed by atoms with Gasteiger partial charge in [-0.2, -0.15) is 0 Å². The van der Waals surface area contributed by atoms with Crippen molar-refractivity contribution in [1.29, 1.82) is 0 Å². The van der Waals surface area contributed by atoms with Crippen LogP contribution in [0.25, 0.3) is 0 Å². The molecule has 2 heterocycles. The largest absolute Gasteiger partial charge is 0.361 e. The zero-order valence-electron chi connectivity index (χ0n) is 13.4. The fraction of sp³-hybridized carbons (Fsp3) is 0.412. The van der Waals surface area contributed by atoms with Crippen LogP contribution in [0.2, 0.25) is 0 Å². The summed E-state index contributed by atoms with van der Waals surface area (Å²) in [5.74, 6) is 0.716. The van der Waals surface area contributed by atoms with E-state index in [-0.39, 0.29) is 24.4 Å². The molecule has 0 spiro atoms. The first-order valence-corrected chi connectivity index (χ1v) is 7.65. The maximum Gasteiger partial charge on any atom is 0.224 e. The molecular weight excluding hydrogens is 314 g/mol. The summed E-state index contributed by atoms with van der Waals surface area (Å²) in [4.78, 5) is 12.2. The number of carbonyl (C=O) groups is 1. The second kappa shape index (κ2) is 7.62. The second-order valence-electron chi connectivity index (χ2n) is 5.74. The standard InChI is InChI=1S/C17H21N3O2.ClH/c1-11-15(12(2)22-20-11)9-17(21)19-10-16-14-6-4-3-5-13(14)7-8-18-16;/h3-6,16,18H,7-10H2,1-2H3,(H,19,21);1H. The number of nitrogens with zero attached hydrogens (tertiary/aromatic N) is 1. The highest BCUT2D eigenvalue weighted by Gasteiger charge is 2.20. The molecule has 1 atom stereocenters. The Labute approximate surface area is 142 Å². The smallest absolute Gasteiger partial charge is 0.224 e. The summed E-state index contributed by atoms with van der Waals surface area (Å²) in [6.07, 6.45) is 1.36. The summed E-state index contributed by atoms with van der Waals surface area (Å²) in [6, 6.07) is 8.59. The van der Waals surface area contributed by atoms with Gasteiger partial charge in [0.1, 0.15) is 5.76 Å². The van der Waals surface area contributed by atoms with Crippen LogP contribution in [0, 0.1) is 13.8 Å². The quantitative estimate of drug-likeness (QED) is 0.899. The van der Waals surface area contributed by atoms with Crippen LogP contribution < -0.4 is 10.6 Å². The minimum Gasteiger partial charge on any atom is -0.361 e. The van der Waals surface area contributed by atoms with E-state index < -0.39 is 0 Å². The van der Waals surface area contributed by atoms with Crippen molar-refractivity contribution in [3.63, 3.8) is 0 Å². The fourth-order valence-corrected chi connectivity index (χ4v) is 2.97. The Morgan fingerprint density at radius 1 is 1.39 bits per heavy atom. The van der Waals surface area contributed by atoms with E-state index in [9.17, 15) is 4.79 Å².